The number of nitrogens with one attached hydrogen (secondary N) is 1. The zero-order chi connectivity index (χ0) is 22.2. The van der Waals surface area contributed by atoms with Gasteiger partial charge in [0.25, 0.3) is 5.91 Å². The average molecular weight is 427 g/mol. The molecule has 4 rings (SSSR count). The Balaban J connectivity index is 1.26. The molecule has 1 saturated heterocycles. The van der Waals surface area contributed by atoms with Crippen molar-refractivity contribution < 1.29 is 4.79 Å². The molecule has 0 bridgehead atoms. The zero-order valence-electron chi connectivity index (χ0n) is 19.0. The van der Waals surface area contributed by atoms with E-state index in [-0.39, 0.29) is 11.9 Å². The first-order valence-electron chi connectivity index (χ1n) is 11.9. The summed E-state index contributed by atoms with van der Waals surface area (Å²) in [5.74, 6) is 0.782. The fourth-order valence-electron chi connectivity index (χ4n) is 4.66. The summed E-state index contributed by atoms with van der Waals surface area (Å²) in [5.41, 5.74) is 4.61. The second-order valence-corrected chi connectivity index (χ2v) is 8.95. The lowest BCUT2D eigenvalue weighted by Gasteiger charge is -2.32. The van der Waals surface area contributed by atoms with Gasteiger partial charge in [-0.3, -0.25) is 9.69 Å². The van der Waals surface area contributed by atoms with Crippen LogP contribution in [0, 0.1) is 5.92 Å². The Morgan fingerprint density at radius 3 is 2.12 bits per heavy atom. The molecule has 32 heavy (non-hydrogen) atoms. The number of nitrogens with zero attached hydrogens (tertiary/aromatic N) is 1. The van der Waals surface area contributed by atoms with Crippen molar-refractivity contribution >= 4 is 5.91 Å². The molecule has 0 aromatic heterocycles. The average Bonchev–Trinajstić information content (AvgIpc) is 2.85. The van der Waals surface area contributed by atoms with E-state index in [9.17, 15) is 4.79 Å². The van der Waals surface area contributed by atoms with Gasteiger partial charge in [0.15, 0.2) is 0 Å². The molecule has 1 unspecified atom stereocenters. The van der Waals surface area contributed by atoms with E-state index in [0.29, 0.717) is 0 Å². The van der Waals surface area contributed by atoms with Crippen LogP contribution >= 0.6 is 0 Å². The number of carbonyl (C=O) groups is 1. The van der Waals surface area contributed by atoms with Gasteiger partial charge in [-0.2, -0.15) is 0 Å². The van der Waals surface area contributed by atoms with Gasteiger partial charge in [0, 0.05) is 12.1 Å². The summed E-state index contributed by atoms with van der Waals surface area (Å²) < 4.78 is 0. The summed E-state index contributed by atoms with van der Waals surface area (Å²) in [4.78, 5) is 15.3. The van der Waals surface area contributed by atoms with Gasteiger partial charge in [0.2, 0.25) is 0 Å². The smallest absolute Gasteiger partial charge is 0.251 e. The van der Waals surface area contributed by atoms with E-state index >= 15 is 0 Å². The third kappa shape index (κ3) is 6.08. The van der Waals surface area contributed by atoms with E-state index < -0.39 is 0 Å². The quantitative estimate of drug-likeness (QED) is 0.477. The fourth-order valence-corrected chi connectivity index (χ4v) is 4.66. The molecule has 1 aliphatic rings. The van der Waals surface area contributed by atoms with Crippen LogP contribution in [0.5, 0.6) is 0 Å². The van der Waals surface area contributed by atoms with Crippen LogP contribution in [0.25, 0.3) is 0 Å². The van der Waals surface area contributed by atoms with Crippen LogP contribution in [-0.2, 0) is 13.0 Å². The maximum Gasteiger partial charge on any atom is 0.251 e. The van der Waals surface area contributed by atoms with Crippen LogP contribution < -0.4 is 5.32 Å². The molecule has 3 heteroatoms. The molecule has 3 aromatic carbocycles. The predicted molar refractivity (Wildman–Crippen MR) is 132 cm³/mol. The first-order chi connectivity index (χ1) is 15.7. The SMILES string of the molecule is CCC(NC(=O)c1ccc(CN2CCC(Cc3ccccc3)CC2)cc1)c1ccccc1. The molecule has 3 nitrogen and oxygen atoms in total. The highest BCUT2D eigenvalue weighted by Gasteiger charge is 2.20. The highest BCUT2D eigenvalue weighted by atomic mass is 16.1. The maximum absolute atomic E-state index is 12.8. The third-order valence-electron chi connectivity index (χ3n) is 6.61. The maximum atomic E-state index is 12.8. The number of amides is 1. The molecule has 3 aromatic rings. The number of likely N-dealkylation sites (tertiary alicyclic amines) is 1. The molecule has 1 amide bonds. The predicted octanol–water partition coefficient (Wildman–Crippen LogP) is 6.02. The van der Waals surface area contributed by atoms with E-state index in [1.807, 2.05) is 30.3 Å². The number of carbonyl (C=O) groups excluding carboxylic acids is 1. The minimum absolute atomic E-state index is 0.00557. The van der Waals surface area contributed by atoms with Gasteiger partial charge in [0.05, 0.1) is 6.04 Å². The summed E-state index contributed by atoms with van der Waals surface area (Å²) in [6.07, 6.45) is 4.58. The number of rotatable bonds is 8. The normalized spacial score (nSPS) is 15.9. The van der Waals surface area contributed by atoms with Crippen molar-refractivity contribution in [3.63, 3.8) is 0 Å². The van der Waals surface area contributed by atoms with Gasteiger partial charge in [-0.1, -0.05) is 79.7 Å². The van der Waals surface area contributed by atoms with Gasteiger partial charge >= 0.3 is 0 Å². The monoisotopic (exact) mass is 426 g/mol. The molecule has 0 spiro atoms. The van der Waals surface area contributed by atoms with Gasteiger partial charge < -0.3 is 5.32 Å². The van der Waals surface area contributed by atoms with E-state index in [0.717, 1.165) is 43.1 Å². The molecule has 0 aliphatic carbocycles. The van der Waals surface area contributed by atoms with Gasteiger partial charge in [-0.15, -0.1) is 0 Å². The van der Waals surface area contributed by atoms with Gasteiger partial charge in [-0.05, 0) is 73.5 Å². The van der Waals surface area contributed by atoms with E-state index in [1.165, 1.54) is 30.4 Å². The second-order valence-electron chi connectivity index (χ2n) is 8.95. The number of piperidine rings is 1. The summed E-state index contributed by atoms with van der Waals surface area (Å²) in [6, 6.07) is 29.2. The molecule has 1 N–H and O–H groups in total. The first-order valence-corrected chi connectivity index (χ1v) is 11.9. The van der Waals surface area contributed by atoms with Crippen molar-refractivity contribution in [2.45, 2.75) is 45.2 Å². The Morgan fingerprint density at radius 1 is 0.875 bits per heavy atom. The number of hydrogen-bond donors (Lipinski definition) is 1. The standard InChI is InChI=1S/C29H34N2O/c1-2-28(26-11-7-4-8-12-26)30-29(32)27-15-13-25(14-16-27)22-31-19-17-24(18-20-31)21-23-9-5-3-6-10-23/h3-16,24,28H,2,17-22H2,1H3,(H,30,32). The lowest BCUT2D eigenvalue weighted by atomic mass is 9.90. The van der Waals surface area contributed by atoms with E-state index in [1.54, 1.807) is 0 Å². The number of hydrogen-bond acceptors (Lipinski definition) is 2. The Bertz CT molecular complexity index is 961. The summed E-state index contributed by atoms with van der Waals surface area (Å²) in [5, 5.41) is 3.18. The molecule has 1 atom stereocenters. The molecule has 1 aliphatic heterocycles. The van der Waals surface area contributed by atoms with Gasteiger partial charge in [-0.25, -0.2) is 0 Å². The Kier molecular flexibility index (Phi) is 7.73. The van der Waals surface area contributed by atoms with Crippen molar-refractivity contribution in [3.05, 3.63) is 107 Å². The van der Waals surface area contributed by atoms with Crippen molar-refractivity contribution in [1.82, 2.24) is 10.2 Å². The Hall–Kier alpha value is -2.91. The molecule has 0 saturated carbocycles. The highest BCUT2D eigenvalue weighted by Crippen LogP contribution is 2.23. The van der Waals surface area contributed by atoms with Gasteiger partial charge in [0.1, 0.15) is 0 Å². The van der Waals surface area contributed by atoms with Crippen LogP contribution in [0.4, 0.5) is 0 Å². The largest absolute Gasteiger partial charge is 0.345 e. The van der Waals surface area contributed by atoms with Crippen LogP contribution in [0.2, 0.25) is 0 Å². The minimum Gasteiger partial charge on any atom is -0.345 e. The lowest BCUT2D eigenvalue weighted by Crippen LogP contribution is -2.33. The topological polar surface area (TPSA) is 32.3 Å². The van der Waals surface area contributed by atoms with E-state index in [4.69, 9.17) is 0 Å². The van der Waals surface area contributed by atoms with E-state index in [2.05, 4.69) is 71.7 Å². The van der Waals surface area contributed by atoms with Crippen molar-refractivity contribution in [3.8, 4) is 0 Å². The van der Waals surface area contributed by atoms with Crippen molar-refractivity contribution in [2.75, 3.05) is 13.1 Å². The van der Waals surface area contributed by atoms with Crippen molar-refractivity contribution in [1.29, 1.82) is 0 Å². The second kappa shape index (κ2) is 11.1. The molecule has 166 valence electrons. The van der Waals surface area contributed by atoms with Crippen molar-refractivity contribution in [2.24, 2.45) is 5.92 Å². The molecule has 1 fully saturated rings. The number of benzene rings is 3. The lowest BCUT2D eigenvalue weighted by molar-refractivity contribution is 0.0935. The van der Waals surface area contributed by atoms with Crippen LogP contribution in [0.1, 0.15) is 59.3 Å². The fraction of sp³-hybridized carbons (Fsp3) is 0.345. The molecular formula is C29H34N2O. The molecule has 0 radical (unpaired) electrons. The highest BCUT2D eigenvalue weighted by molar-refractivity contribution is 5.94. The third-order valence-corrected chi connectivity index (χ3v) is 6.61. The Morgan fingerprint density at radius 2 is 1.50 bits per heavy atom. The summed E-state index contributed by atoms with van der Waals surface area (Å²) in [6.45, 7) is 5.36. The van der Waals surface area contributed by atoms with Crippen LogP contribution in [-0.4, -0.2) is 23.9 Å². The Labute approximate surface area is 192 Å². The first kappa shape index (κ1) is 22.3. The summed E-state index contributed by atoms with van der Waals surface area (Å²) >= 11 is 0. The molecular weight excluding hydrogens is 392 g/mol. The van der Waals surface area contributed by atoms with Crippen LogP contribution in [0.15, 0.2) is 84.9 Å². The summed E-state index contributed by atoms with van der Waals surface area (Å²) in [7, 11) is 0. The zero-order valence-corrected chi connectivity index (χ0v) is 19.0. The van der Waals surface area contributed by atoms with Crippen LogP contribution in [0.3, 0.4) is 0 Å². The minimum atomic E-state index is -0.00557. The molecule has 1 heterocycles.